The van der Waals surface area contributed by atoms with E-state index >= 15 is 0 Å². The number of halogens is 1. The largest absolute Gasteiger partial charge is 0.396 e. The smallest absolute Gasteiger partial charge is 0.131 e. The number of aliphatic hydroxyl groups excluding tert-OH is 3. The standard InChI is InChI=1S/C10H14ClNO3/c1-6-4-7(5-12-10(6)11)9(15)8(14)2-3-13/h4-5,8-9,13-15H,2-3H2,1H3. The first kappa shape index (κ1) is 12.4. The molecule has 0 radical (unpaired) electrons. The fourth-order valence-electron chi connectivity index (χ4n) is 1.25. The molecule has 2 atom stereocenters. The zero-order valence-corrected chi connectivity index (χ0v) is 9.15. The molecule has 0 aliphatic heterocycles. The summed E-state index contributed by atoms with van der Waals surface area (Å²) in [7, 11) is 0. The third-order valence-corrected chi connectivity index (χ3v) is 2.56. The molecule has 0 bridgehead atoms. The van der Waals surface area contributed by atoms with Gasteiger partial charge >= 0.3 is 0 Å². The summed E-state index contributed by atoms with van der Waals surface area (Å²) >= 11 is 5.73. The van der Waals surface area contributed by atoms with Crippen molar-refractivity contribution in [2.45, 2.75) is 25.6 Å². The van der Waals surface area contributed by atoms with Crippen molar-refractivity contribution in [3.63, 3.8) is 0 Å². The molecule has 15 heavy (non-hydrogen) atoms. The fourth-order valence-corrected chi connectivity index (χ4v) is 1.36. The van der Waals surface area contributed by atoms with E-state index in [-0.39, 0.29) is 13.0 Å². The molecular weight excluding hydrogens is 218 g/mol. The molecule has 2 unspecified atom stereocenters. The third-order valence-electron chi connectivity index (χ3n) is 2.17. The maximum Gasteiger partial charge on any atom is 0.131 e. The monoisotopic (exact) mass is 231 g/mol. The molecule has 0 saturated carbocycles. The highest BCUT2D eigenvalue weighted by Gasteiger charge is 2.18. The number of aliphatic hydroxyl groups is 3. The lowest BCUT2D eigenvalue weighted by molar-refractivity contribution is 0.00402. The number of pyridine rings is 1. The zero-order valence-electron chi connectivity index (χ0n) is 8.39. The number of nitrogens with zero attached hydrogens (tertiary/aromatic N) is 1. The van der Waals surface area contributed by atoms with Crippen molar-refractivity contribution in [3.05, 3.63) is 28.5 Å². The molecule has 0 saturated heterocycles. The summed E-state index contributed by atoms with van der Waals surface area (Å²) in [6.45, 7) is 1.60. The first-order chi connectivity index (χ1) is 7.06. The van der Waals surface area contributed by atoms with Crippen LogP contribution in [-0.4, -0.2) is 33.0 Å². The summed E-state index contributed by atoms with van der Waals surface area (Å²) in [6, 6.07) is 1.67. The van der Waals surface area contributed by atoms with Crippen molar-refractivity contribution < 1.29 is 15.3 Å². The molecule has 0 aliphatic rings. The Morgan fingerprint density at radius 3 is 2.67 bits per heavy atom. The summed E-state index contributed by atoms with van der Waals surface area (Å²) in [5.74, 6) is 0. The fraction of sp³-hybridized carbons (Fsp3) is 0.500. The van der Waals surface area contributed by atoms with Gasteiger partial charge in [0, 0.05) is 18.4 Å². The number of rotatable bonds is 4. The highest BCUT2D eigenvalue weighted by atomic mass is 35.5. The Bertz CT molecular complexity index is 332. The van der Waals surface area contributed by atoms with E-state index in [9.17, 15) is 10.2 Å². The Morgan fingerprint density at radius 1 is 1.47 bits per heavy atom. The first-order valence-electron chi connectivity index (χ1n) is 4.65. The summed E-state index contributed by atoms with van der Waals surface area (Å²) in [5, 5.41) is 28.2. The van der Waals surface area contributed by atoms with Crippen molar-refractivity contribution in [2.75, 3.05) is 6.61 Å². The number of hydrogen-bond acceptors (Lipinski definition) is 4. The van der Waals surface area contributed by atoms with Gasteiger partial charge in [-0.3, -0.25) is 0 Å². The van der Waals surface area contributed by atoms with E-state index in [1.165, 1.54) is 6.20 Å². The Kier molecular flexibility index (Phi) is 4.47. The van der Waals surface area contributed by atoms with E-state index in [2.05, 4.69) is 4.98 Å². The SMILES string of the molecule is Cc1cc(C(O)C(O)CCO)cnc1Cl. The normalized spacial score (nSPS) is 15.0. The lowest BCUT2D eigenvalue weighted by Crippen LogP contribution is -2.19. The lowest BCUT2D eigenvalue weighted by Gasteiger charge is -2.17. The van der Waals surface area contributed by atoms with Crippen LogP contribution in [0.1, 0.15) is 23.7 Å². The molecule has 4 nitrogen and oxygen atoms in total. The quantitative estimate of drug-likeness (QED) is 0.671. The topological polar surface area (TPSA) is 73.6 Å². The van der Waals surface area contributed by atoms with Crippen LogP contribution in [0.3, 0.4) is 0 Å². The van der Waals surface area contributed by atoms with Gasteiger partial charge in [0.15, 0.2) is 0 Å². The van der Waals surface area contributed by atoms with E-state index in [1.807, 2.05) is 0 Å². The average molecular weight is 232 g/mol. The number of hydrogen-bond donors (Lipinski definition) is 3. The molecular formula is C10H14ClNO3. The molecule has 1 aromatic heterocycles. The van der Waals surface area contributed by atoms with Crippen LogP contribution in [-0.2, 0) is 0 Å². The van der Waals surface area contributed by atoms with Crippen LogP contribution in [0, 0.1) is 6.92 Å². The summed E-state index contributed by atoms with van der Waals surface area (Å²) in [5.41, 5.74) is 1.24. The Morgan fingerprint density at radius 2 is 2.13 bits per heavy atom. The average Bonchev–Trinajstić information content (AvgIpc) is 2.21. The Hall–Kier alpha value is -0.680. The van der Waals surface area contributed by atoms with E-state index < -0.39 is 12.2 Å². The summed E-state index contributed by atoms with van der Waals surface area (Å²) < 4.78 is 0. The summed E-state index contributed by atoms with van der Waals surface area (Å²) in [6.07, 6.45) is -0.485. The van der Waals surface area contributed by atoms with Gasteiger partial charge in [-0.05, 0) is 25.0 Å². The lowest BCUT2D eigenvalue weighted by atomic mass is 10.0. The minimum atomic E-state index is -1.04. The third kappa shape index (κ3) is 3.14. The van der Waals surface area contributed by atoms with Crippen molar-refractivity contribution >= 4 is 11.6 Å². The molecule has 0 spiro atoms. The van der Waals surface area contributed by atoms with Gasteiger partial charge in [0.25, 0.3) is 0 Å². The van der Waals surface area contributed by atoms with Crippen LogP contribution < -0.4 is 0 Å². The zero-order chi connectivity index (χ0) is 11.4. The van der Waals surface area contributed by atoms with E-state index in [0.29, 0.717) is 10.7 Å². The van der Waals surface area contributed by atoms with Gasteiger partial charge < -0.3 is 15.3 Å². The predicted molar refractivity (Wildman–Crippen MR) is 56.7 cm³/mol. The number of aromatic nitrogens is 1. The number of aryl methyl sites for hydroxylation is 1. The maximum atomic E-state index is 9.69. The predicted octanol–water partition coefficient (Wildman–Crippen LogP) is 0.820. The van der Waals surface area contributed by atoms with Crippen LogP contribution in [0.15, 0.2) is 12.3 Å². The molecule has 0 aromatic carbocycles. The van der Waals surface area contributed by atoms with Crippen LogP contribution in [0.2, 0.25) is 5.15 Å². The minimum Gasteiger partial charge on any atom is -0.396 e. The molecule has 1 aromatic rings. The van der Waals surface area contributed by atoms with Gasteiger partial charge in [0.1, 0.15) is 11.3 Å². The minimum absolute atomic E-state index is 0.128. The van der Waals surface area contributed by atoms with Gasteiger partial charge in [-0.2, -0.15) is 0 Å². The molecule has 1 rings (SSSR count). The second-order valence-electron chi connectivity index (χ2n) is 3.40. The van der Waals surface area contributed by atoms with Gasteiger partial charge in [-0.15, -0.1) is 0 Å². The Labute approximate surface area is 93.2 Å². The second kappa shape index (κ2) is 5.42. The highest BCUT2D eigenvalue weighted by molar-refractivity contribution is 6.30. The van der Waals surface area contributed by atoms with Crippen LogP contribution in [0.5, 0.6) is 0 Å². The molecule has 0 amide bonds. The van der Waals surface area contributed by atoms with Gasteiger partial charge in [-0.1, -0.05) is 11.6 Å². The Balaban J connectivity index is 2.81. The van der Waals surface area contributed by atoms with Gasteiger partial charge in [-0.25, -0.2) is 4.98 Å². The molecule has 0 aliphatic carbocycles. The van der Waals surface area contributed by atoms with Crippen LogP contribution in [0.25, 0.3) is 0 Å². The van der Waals surface area contributed by atoms with Crippen LogP contribution in [0.4, 0.5) is 0 Å². The molecule has 84 valence electrons. The van der Waals surface area contributed by atoms with Gasteiger partial charge in [0.05, 0.1) is 6.10 Å². The van der Waals surface area contributed by atoms with E-state index in [4.69, 9.17) is 16.7 Å². The van der Waals surface area contributed by atoms with Crippen molar-refractivity contribution in [1.82, 2.24) is 4.98 Å². The van der Waals surface area contributed by atoms with Gasteiger partial charge in [0.2, 0.25) is 0 Å². The first-order valence-corrected chi connectivity index (χ1v) is 5.03. The molecule has 5 heteroatoms. The van der Waals surface area contributed by atoms with Crippen LogP contribution >= 0.6 is 11.6 Å². The molecule has 1 heterocycles. The second-order valence-corrected chi connectivity index (χ2v) is 3.76. The van der Waals surface area contributed by atoms with E-state index in [0.717, 1.165) is 5.56 Å². The van der Waals surface area contributed by atoms with Crippen molar-refractivity contribution in [3.8, 4) is 0 Å². The molecule has 3 N–H and O–H groups in total. The van der Waals surface area contributed by atoms with E-state index in [1.54, 1.807) is 13.0 Å². The molecule has 0 fully saturated rings. The van der Waals surface area contributed by atoms with Crippen molar-refractivity contribution in [1.29, 1.82) is 0 Å². The van der Waals surface area contributed by atoms with Crippen molar-refractivity contribution in [2.24, 2.45) is 0 Å². The summed E-state index contributed by atoms with van der Waals surface area (Å²) in [4.78, 5) is 3.87. The maximum absolute atomic E-state index is 9.69. The highest BCUT2D eigenvalue weighted by Crippen LogP contribution is 2.21.